The predicted octanol–water partition coefficient (Wildman–Crippen LogP) is 2.70. The molecule has 4 nitrogen and oxygen atoms in total. The molecule has 0 spiro atoms. The highest BCUT2D eigenvalue weighted by Crippen LogP contribution is 2.54. The highest BCUT2D eigenvalue weighted by Gasteiger charge is 2.56. The first-order chi connectivity index (χ1) is 10.9. The van der Waals surface area contributed by atoms with Gasteiger partial charge in [0.05, 0.1) is 18.5 Å². The largest absolute Gasteiger partial charge is 0.489 e. The lowest BCUT2D eigenvalue weighted by Gasteiger charge is -2.19. The summed E-state index contributed by atoms with van der Waals surface area (Å²) in [6.07, 6.45) is 2.21. The van der Waals surface area contributed by atoms with Crippen molar-refractivity contribution < 1.29 is 18.6 Å². The van der Waals surface area contributed by atoms with Gasteiger partial charge in [-0.25, -0.2) is 18.7 Å². The average molecular weight is 320 g/mol. The van der Waals surface area contributed by atoms with E-state index in [-0.39, 0.29) is 19.1 Å². The third-order valence-corrected chi connectivity index (χ3v) is 4.43. The summed E-state index contributed by atoms with van der Waals surface area (Å²) in [6.45, 7) is 3.77. The smallest absolute Gasteiger partial charge is 0.158 e. The highest BCUT2D eigenvalue weighted by molar-refractivity contribution is 5.36. The Morgan fingerprint density at radius 3 is 2.52 bits per heavy atom. The highest BCUT2D eigenvalue weighted by atomic mass is 19.1. The monoisotopic (exact) mass is 320 g/mol. The molecule has 0 saturated heterocycles. The molecular formula is C17H18F2N2O2. The van der Waals surface area contributed by atoms with E-state index in [0.717, 1.165) is 6.07 Å². The van der Waals surface area contributed by atoms with Crippen molar-refractivity contribution in [2.24, 2.45) is 5.92 Å². The minimum absolute atomic E-state index is 0.0507. The van der Waals surface area contributed by atoms with Gasteiger partial charge < -0.3 is 9.84 Å². The van der Waals surface area contributed by atoms with Crippen molar-refractivity contribution in [2.75, 3.05) is 13.2 Å². The molecule has 1 aliphatic carbocycles. The zero-order valence-electron chi connectivity index (χ0n) is 13.0. The van der Waals surface area contributed by atoms with Crippen LogP contribution in [0.1, 0.15) is 23.5 Å². The summed E-state index contributed by atoms with van der Waals surface area (Å²) in [5, 5.41) is 9.46. The Hall–Kier alpha value is -2.08. The van der Waals surface area contributed by atoms with E-state index in [4.69, 9.17) is 4.74 Å². The SMILES string of the molecule is Cc1ncc(OC[C@@]2(c3cc(F)cc(F)c3)C[C@H]2CO)c(C)n1. The normalized spacial score (nSPS) is 22.9. The van der Waals surface area contributed by atoms with Gasteiger partial charge in [-0.1, -0.05) is 0 Å². The van der Waals surface area contributed by atoms with E-state index >= 15 is 0 Å². The van der Waals surface area contributed by atoms with Crippen LogP contribution in [0.2, 0.25) is 0 Å². The van der Waals surface area contributed by atoms with Crippen molar-refractivity contribution in [3.63, 3.8) is 0 Å². The number of hydrogen-bond acceptors (Lipinski definition) is 4. The van der Waals surface area contributed by atoms with Crippen LogP contribution in [-0.4, -0.2) is 28.3 Å². The number of nitrogens with zero attached hydrogens (tertiary/aromatic N) is 2. The number of benzene rings is 1. The minimum Gasteiger partial charge on any atom is -0.489 e. The van der Waals surface area contributed by atoms with Gasteiger partial charge in [-0.05, 0) is 43.9 Å². The van der Waals surface area contributed by atoms with Crippen LogP contribution in [0.3, 0.4) is 0 Å². The first kappa shape index (κ1) is 15.8. The molecule has 1 heterocycles. The lowest BCUT2D eigenvalue weighted by molar-refractivity contribution is 0.224. The van der Waals surface area contributed by atoms with Crippen LogP contribution >= 0.6 is 0 Å². The van der Waals surface area contributed by atoms with Gasteiger partial charge in [-0.15, -0.1) is 0 Å². The molecule has 0 radical (unpaired) electrons. The molecule has 1 aromatic heterocycles. The van der Waals surface area contributed by atoms with Crippen molar-refractivity contribution in [1.82, 2.24) is 9.97 Å². The van der Waals surface area contributed by atoms with E-state index in [1.807, 2.05) is 6.92 Å². The maximum atomic E-state index is 13.5. The second-order valence-corrected chi connectivity index (χ2v) is 6.05. The van der Waals surface area contributed by atoms with Crippen LogP contribution in [0.15, 0.2) is 24.4 Å². The molecule has 3 rings (SSSR count). The molecule has 1 fully saturated rings. The quantitative estimate of drug-likeness (QED) is 0.920. The zero-order valence-corrected chi connectivity index (χ0v) is 13.0. The average Bonchev–Trinajstić information content (AvgIpc) is 3.20. The molecule has 122 valence electrons. The van der Waals surface area contributed by atoms with Crippen molar-refractivity contribution >= 4 is 0 Å². The first-order valence-corrected chi connectivity index (χ1v) is 7.45. The maximum absolute atomic E-state index is 13.5. The van der Waals surface area contributed by atoms with Crippen molar-refractivity contribution in [3.8, 4) is 5.75 Å². The van der Waals surface area contributed by atoms with E-state index in [1.165, 1.54) is 12.1 Å². The summed E-state index contributed by atoms with van der Waals surface area (Å²) < 4.78 is 32.9. The number of aliphatic hydroxyl groups excluding tert-OH is 1. The second kappa shape index (κ2) is 5.85. The fraction of sp³-hybridized carbons (Fsp3) is 0.412. The molecule has 1 N–H and O–H groups in total. The molecular weight excluding hydrogens is 302 g/mol. The molecule has 6 heteroatoms. The van der Waals surface area contributed by atoms with Crippen molar-refractivity contribution in [2.45, 2.75) is 25.7 Å². The molecule has 0 bridgehead atoms. The van der Waals surface area contributed by atoms with E-state index < -0.39 is 17.0 Å². The van der Waals surface area contributed by atoms with E-state index in [2.05, 4.69) is 9.97 Å². The third kappa shape index (κ3) is 3.03. The van der Waals surface area contributed by atoms with Gasteiger partial charge in [0.25, 0.3) is 0 Å². The summed E-state index contributed by atoms with van der Waals surface area (Å²) in [5.74, 6) is -0.141. The number of aliphatic hydroxyl groups is 1. The lowest BCUT2D eigenvalue weighted by atomic mass is 9.94. The molecule has 0 unspecified atom stereocenters. The Balaban J connectivity index is 1.85. The number of aryl methyl sites for hydroxylation is 2. The third-order valence-electron chi connectivity index (χ3n) is 4.43. The zero-order chi connectivity index (χ0) is 16.6. The van der Waals surface area contributed by atoms with E-state index in [1.54, 1.807) is 13.1 Å². The van der Waals surface area contributed by atoms with Gasteiger partial charge in [0.15, 0.2) is 5.75 Å². The first-order valence-electron chi connectivity index (χ1n) is 7.45. The van der Waals surface area contributed by atoms with Crippen LogP contribution in [0.25, 0.3) is 0 Å². The van der Waals surface area contributed by atoms with Gasteiger partial charge in [-0.2, -0.15) is 0 Å². The minimum atomic E-state index is -0.627. The van der Waals surface area contributed by atoms with Crippen molar-refractivity contribution in [3.05, 3.63) is 53.1 Å². The van der Waals surface area contributed by atoms with Gasteiger partial charge in [0, 0.05) is 18.1 Å². The summed E-state index contributed by atoms with van der Waals surface area (Å²) in [6, 6.07) is 3.45. The Labute approximate surface area is 133 Å². The molecule has 0 amide bonds. The molecule has 1 aromatic carbocycles. The number of ether oxygens (including phenoxy) is 1. The summed E-state index contributed by atoms with van der Waals surface area (Å²) in [4.78, 5) is 8.33. The molecule has 2 atom stereocenters. The van der Waals surface area contributed by atoms with Crippen LogP contribution < -0.4 is 4.74 Å². The Kier molecular flexibility index (Phi) is 4.02. The molecule has 1 aliphatic rings. The van der Waals surface area contributed by atoms with Crippen LogP contribution in [0.4, 0.5) is 8.78 Å². The molecule has 1 saturated carbocycles. The van der Waals surface area contributed by atoms with Crippen molar-refractivity contribution in [1.29, 1.82) is 0 Å². The van der Waals surface area contributed by atoms with Crippen LogP contribution in [-0.2, 0) is 5.41 Å². The maximum Gasteiger partial charge on any atom is 0.158 e. The number of rotatable bonds is 5. The Morgan fingerprint density at radius 2 is 1.96 bits per heavy atom. The molecule has 0 aliphatic heterocycles. The number of aromatic nitrogens is 2. The van der Waals surface area contributed by atoms with Gasteiger partial charge >= 0.3 is 0 Å². The topological polar surface area (TPSA) is 55.2 Å². The summed E-state index contributed by atoms with van der Waals surface area (Å²) in [7, 11) is 0. The van der Waals surface area contributed by atoms with Gasteiger partial charge in [0.2, 0.25) is 0 Å². The molecule has 23 heavy (non-hydrogen) atoms. The predicted molar refractivity (Wildman–Crippen MR) is 80.2 cm³/mol. The summed E-state index contributed by atoms with van der Waals surface area (Å²) in [5.41, 5.74) is 0.647. The fourth-order valence-electron chi connectivity index (χ4n) is 3.00. The Bertz CT molecular complexity index is 718. The number of halogens is 2. The van der Waals surface area contributed by atoms with Gasteiger partial charge in [0.1, 0.15) is 17.5 Å². The standard InChI is InChI=1S/C17H18F2N2O2/c1-10-16(7-20-11(2)21-10)23-9-17(6-13(17)8-22)12-3-14(18)5-15(19)4-12/h3-5,7,13,22H,6,8-9H2,1-2H3/t13-,17+/m0/s1. The second-order valence-electron chi connectivity index (χ2n) is 6.05. The van der Waals surface area contributed by atoms with E-state index in [0.29, 0.717) is 29.3 Å². The number of hydrogen-bond donors (Lipinski definition) is 1. The summed E-state index contributed by atoms with van der Waals surface area (Å²) >= 11 is 0. The fourth-order valence-corrected chi connectivity index (χ4v) is 3.00. The van der Waals surface area contributed by atoms with Crippen LogP contribution in [0.5, 0.6) is 5.75 Å². The van der Waals surface area contributed by atoms with E-state index in [9.17, 15) is 13.9 Å². The lowest BCUT2D eigenvalue weighted by Crippen LogP contribution is -2.22. The van der Waals surface area contributed by atoms with Crippen LogP contribution in [0, 0.1) is 31.4 Å². The Morgan fingerprint density at radius 1 is 1.26 bits per heavy atom. The van der Waals surface area contributed by atoms with Gasteiger partial charge in [-0.3, -0.25) is 0 Å². The molecule has 2 aromatic rings.